The lowest BCUT2D eigenvalue weighted by Crippen LogP contribution is -2.34. The van der Waals surface area contributed by atoms with Gasteiger partial charge < -0.3 is 23.8 Å². The molecule has 0 aliphatic carbocycles. The molecule has 0 fully saturated rings. The Bertz CT molecular complexity index is 1080. The third kappa shape index (κ3) is 5.97. The third-order valence-electron chi connectivity index (χ3n) is 4.32. The van der Waals surface area contributed by atoms with E-state index < -0.39 is 11.7 Å². The number of carbonyl (C=O) groups excluding carboxylic acids is 1. The Labute approximate surface area is 180 Å². The van der Waals surface area contributed by atoms with E-state index in [4.69, 9.17) is 13.9 Å². The maximum Gasteiger partial charge on any atom is 0.407 e. The molecule has 0 unspecified atom stereocenters. The monoisotopic (exact) mass is 425 g/mol. The number of ether oxygens (including phenoxy) is 2. The van der Waals surface area contributed by atoms with Gasteiger partial charge in [0.1, 0.15) is 12.2 Å². The van der Waals surface area contributed by atoms with Crippen molar-refractivity contribution in [3.63, 3.8) is 0 Å². The topological polar surface area (TPSA) is 95.6 Å². The molecule has 8 heteroatoms. The van der Waals surface area contributed by atoms with Crippen LogP contribution in [0.25, 0.3) is 11.6 Å². The Morgan fingerprint density at radius 2 is 1.94 bits per heavy atom. The summed E-state index contributed by atoms with van der Waals surface area (Å²) in [6.45, 7) is 8.25. The van der Waals surface area contributed by atoms with Gasteiger partial charge in [-0.05, 0) is 33.3 Å². The van der Waals surface area contributed by atoms with Gasteiger partial charge in [-0.25, -0.2) is 9.78 Å². The number of benzene rings is 1. The van der Waals surface area contributed by atoms with Crippen molar-refractivity contribution in [2.45, 2.75) is 46.4 Å². The molecule has 1 N–H and O–H groups in total. The number of hydrogen-bond donors (Lipinski definition) is 1. The van der Waals surface area contributed by atoms with E-state index >= 15 is 0 Å². The standard InChI is InChI=1S/C23H27N3O5/c1-16-14-25-21(26(16)12-11-24-22(28)31-23(2,3)4)20-19(18(27)10-13-29-20)30-15-17-8-6-5-7-9-17/h5-10,13-14H,11-12,15H2,1-4H3,(H,24,28). The molecule has 0 spiro atoms. The molecule has 1 aromatic carbocycles. The van der Waals surface area contributed by atoms with E-state index in [2.05, 4.69) is 10.3 Å². The lowest BCUT2D eigenvalue weighted by molar-refractivity contribution is 0.0526. The molecule has 3 rings (SSSR count). The van der Waals surface area contributed by atoms with Crippen LogP contribution >= 0.6 is 0 Å². The molecule has 31 heavy (non-hydrogen) atoms. The summed E-state index contributed by atoms with van der Waals surface area (Å²) in [4.78, 5) is 28.8. The second kappa shape index (κ2) is 9.51. The Morgan fingerprint density at radius 3 is 2.65 bits per heavy atom. The summed E-state index contributed by atoms with van der Waals surface area (Å²) >= 11 is 0. The molecular formula is C23H27N3O5. The highest BCUT2D eigenvalue weighted by Crippen LogP contribution is 2.27. The molecule has 0 saturated heterocycles. The summed E-state index contributed by atoms with van der Waals surface area (Å²) in [6.07, 6.45) is 2.50. The van der Waals surface area contributed by atoms with Crippen molar-refractivity contribution in [3.05, 3.63) is 70.3 Å². The van der Waals surface area contributed by atoms with Crippen molar-refractivity contribution in [3.8, 4) is 17.3 Å². The van der Waals surface area contributed by atoms with Gasteiger partial charge in [0.05, 0.1) is 6.26 Å². The van der Waals surface area contributed by atoms with E-state index in [0.717, 1.165) is 11.3 Å². The number of carbonyl (C=O) groups is 1. The molecule has 0 radical (unpaired) electrons. The van der Waals surface area contributed by atoms with Crippen LogP contribution in [-0.4, -0.2) is 27.8 Å². The zero-order valence-electron chi connectivity index (χ0n) is 18.2. The number of aromatic nitrogens is 2. The normalized spacial score (nSPS) is 11.2. The molecule has 164 valence electrons. The van der Waals surface area contributed by atoms with Crippen LogP contribution in [-0.2, 0) is 17.9 Å². The smallest absolute Gasteiger partial charge is 0.407 e. The number of hydrogen-bond acceptors (Lipinski definition) is 6. The van der Waals surface area contributed by atoms with Crippen molar-refractivity contribution in [1.82, 2.24) is 14.9 Å². The van der Waals surface area contributed by atoms with Crippen molar-refractivity contribution >= 4 is 6.09 Å². The van der Waals surface area contributed by atoms with Gasteiger partial charge in [0.2, 0.25) is 16.9 Å². The van der Waals surface area contributed by atoms with Crippen molar-refractivity contribution in [1.29, 1.82) is 0 Å². The fraction of sp³-hybridized carbons (Fsp3) is 0.348. The highest BCUT2D eigenvalue weighted by Gasteiger charge is 2.20. The Morgan fingerprint density at radius 1 is 1.19 bits per heavy atom. The molecule has 0 aliphatic heterocycles. The fourth-order valence-corrected chi connectivity index (χ4v) is 2.93. The van der Waals surface area contributed by atoms with Crippen LogP contribution in [0.1, 0.15) is 32.0 Å². The SMILES string of the molecule is Cc1cnc(-c2occc(=O)c2OCc2ccccc2)n1CCNC(=O)OC(C)(C)C. The van der Waals surface area contributed by atoms with Crippen molar-refractivity contribution in [2.24, 2.45) is 0 Å². The number of rotatable bonds is 7. The number of aryl methyl sites for hydroxylation is 1. The molecular weight excluding hydrogens is 398 g/mol. The van der Waals surface area contributed by atoms with Gasteiger partial charge in [-0.15, -0.1) is 0 Å². The van der Waals surface area contributed by atoms with Gasteiger partial charge in [-0.1, -0.05) is 30.3 Å². The zero-order valence-corrected chi connectivity index (χ0v) is 18.2. The third-order valence-corrected chi connectivity index (χ3v) is 4.32. The average Bonchev–Trinajstić information content (AvgIpc) is 3.07. The van der Waals surface area contributed by atoms with Gasteiger partial charge in [0, 0.05) is 31.0 Å². The Kier molecular flexibility index (Phi) is 6.79. The Hall–Kier alpha value is -3.55. The van der Waals surface area contributed by atoms with Gasteiger partial charge in [0.25, 0.3) is 0 Å². The van der Waals surface area contributed by atoms with E-state index in [-0.39, 0.29) is 23.5 Å². The van der Waals surface area contributed by atoms with Crippen LogP contribution in [0.4, 0.5) is 4.79 Å². The summed E-state index contributed by atoms with van der Waals surface area (Å²) < 4.78 is 18.6. The molecule has 0 bridgehead atoms. The minimum atomic E-state index is -0.571. The number of amides is 1. The first kappa shape index (κ1) is 22.1. The quantitative estimate of drug-likeness (QED) is 0.617. The molecule has 1 amide bonds. The average molecular weight is 425 g/mol. The molecule has 3 aromatic rings. The minimum absolute atomic E-state index is 0.0957. The summed E-state index contributed by atoms with van der Waals surface area (Å²) in [5.41, 5.74) is 0.911. The van der Waals surface area contributed by atoms with E-state index in [9.17, 15) is 9.59 Å². The van der Waals surface area contributed by atoms with Crippen LogP contribution in [0, 0.1) is 6.92 Å². The maximum absolute atomic E-state index is 12.5. The zero-order chi connectivity index (χ0) is 22.4. The first-order valence-electron chi connectivity index (χ1n) is 10.0. The molecule has 0 atom stereocenters. The number of nitrogens with one attached hydrogen (secondary N) is 1. The number of alkyl carbamates (subject to hydrolysis) is 1. The van der Waals surface area contributed by atoms with Gasteiger partial charge in [-0.2, -0.15) is 0 Å². The predicted octanol–water partition coefficient (Wildman–Crippen LogP) is 3.92. The van der Waals surface area contributed by atoms with Crippen LogP contribution in [0.2, 0.25) is 0 Å². The van der Waals surface area contributed by atoms with Crippen LogP contribution in [0.5, 0.6) is 5.75 Å². The minimum Gasteiger partial charge on any atom is -0.481 e. The summed E-state index contributed by atoms with van der Waals surface area (Å²) in [5, 5.41) is 2.72. The van der Waals surface area contributed by atoms with E-state index in [1.807, 2.05) is 41.8 Å². The second-order valence-corrected chi connectivity index (χ2v) is 8.02. The highest BCUT2D eigenvalue weighted by atomic mass is 16.6. The van der Waals surface area contributed by atoms with Crippen LogP contribution in [0.3, 0.4) is 0 Å². The van der Waals surface area contributed by atoms with Gasteiger partial charge in [-0.3, -0.25) is 4.79 Å². The predicted molar refractivity (Wildman–Crippen MR) is 116 cm³/mol. The second-order valence-electron chi connectivity index (χ2n) is 8.02. The van der Waals surface area contributed by atoms with Crippen LogP contribution < -0.4 is 15.5 Å². The Balaban J connectivity index is 1.78. The summed E-state index contributed by atoms with van der Waals surface area (Å²) in [5.74, 6) is 0.788. The largest absolute Gasteiger partial charge is 0.481 e. The first-order chi connectivity index (χ1) is 14.7. The fourth-order valence-electron chi connectivity index (χ4n) is 2.93. The van der Waals surface area contributed by atoms with E-state index in [0.29, 0.717) is 18.9 Å². The van der Waals surface area contributed by atoms with E-state index in [1.165, 1.54) is 12.3 Å². The lowest BCUT2D eigenvalue weighted by atomic mass is 10.2. The van der Waals surface area contributed by atoms with Crippen LogP contribution in [0.15, 0.2) is 58.1 Å². The van der Waals surface area contributed by atoms with Crippen molar-refractivity contribution < 1.29 is 18.7 Å². The number of nitrogens with zero attached hydrogens (tertiary/aromatic N) is 2. The van der Waals surface area contributed by atoms with Gasteiger partial charge in [0.15, 0.2) is 5.82 Å². The van der Waals surface area contributed by atoms with Gasteiger partial charge >= 0.3 is 6.09 Å². The highest BCUT2D eigenvalue weighted by molar-refractivity contribution is 5.67. The molecule has 0 aliphatic rings. The molecule has 2 heterocycles. The van der Waals surface area contributed by atoms with Crippen molar-refractivity contribution in [2.75, 3.05) is 6.54 Å². The molecule has 0 saturated carbocycles. The maximum atomic E-state index is 12.5. The van der Waals surface area contributed by atoms with E-state index in [1.54, 1.807) is 27.0 Å². The summed E-state index contributed by atoms with van der Waals surface area (Å²) in [7, 11) is 0. The number of imidazole rings is 1. The summed E-state index contributed by atoms with van der Waals surface area (Å²) in [6, 6.07) is 10.9. The molecule has 8 nitrogen and oxygen atoms in total. The first-order valence-corrected chi connectivity index (χ1v) is 10.0. The molecule has 2 aromatic heterocycles. The lowest BCUT2D eigenvalue weighted by Gasteiger charge is -2.20.